The maximum absolute atomic E-state index is 14.4. The van der Waals surface area contributed by atoms with Crippen molar-refractivity contribution in [2.75, 3.05) is 11.9 Å². The Hall–Kier alpha value is -3.94. The second-order valence-electron chi connectivity index (χ2n) is 6.81. The molecule has 0 bridgehead atoms. The number of H-pyrrole nitrogens is 1. The second-order valence-corrected chi connectivity index (χ2v) is 6.81. The molecule has 5 rings (SSSR count). The van der Waals surface area contributed by atoms with Crippen LogP contribution in [0.3, 0.4) is 0 Å². The number of aromatic nitrogens is 4. The fourth-order valence-electron chi connectivity index (χ4n) is 3.73. The molecule has 144 valence electrons. The van der Waals surface area contributed by atoms with Crippen molar-refractivity contribution in [3.8, 4) is 22.4 Å². The van der Waals surface area contributed by atoms with Gasteiger partial charge in [-0.2, -0.15) is 5.10 Å². The van der Waals surface area contributed by atoms with E-state index in [1.807, 2.05) is 29.0 Å². The lowest BCUT2D eigenvalue weighted by Gasteiger charge is -2.16. The summed E-state index contributed by atoms with van der Waals surface area (Å²) in [5.41, 5.74) is 4.73. The van der Waals surface area contributed by atoms with Crippen molar-refractivity contribution in [2.24, 2.45) is 0 Å². The standard InChI is InChI=1S/C21H17FN6O/c22-18-7-14(5-6-15(18)13-8-25-26-9-13)27-21(29)24-11-20-17-4-2-1-3-16(17)19-10-23-12-28(19)20/h1-10,12,20H,11H2,(H,25,26)(H2,24,27,29). The van der Waals surface area contributed by atoms with Crippen LogP contribution in [0.4, 0.5) is 14.9 Å². The Labute approximate surface area is 165 Å². The molecule has 1 aliphatic rings. The molecule has 4 aromatic rings. The lowest BCUT2D eigenvalue weighted by molar-refractivity contribution is 0.251. The Morgan fingerprint density at radius 2 is 2.07 bits per heavy atom. The van der Waals surface area contributed by atoms with Crippen LogP contribution in [0.1, 0.15) is 11.6 Å². The summed E-state index contributed by atoms with van der Waals surface area (Å²) in [5, 5.41) is 12.0. The highest BCUT2D eigenvalue weighted by Crippen LogP contribution is 2.38. The van der Waals surface area contributed by atoms with Crippen LogP contribution in [0.15, 0.2) is 67.4 Å². The van der Waals surface area contributed by atoms with Crippen molar-refractivity contribution in [1.82, 2.24) is 25.1 Å². The minimum Gasteiger partial charge on any atom is -0.335 e. The molecule has 0 saturated carbocycles. The van der Waals surface area contributed by atoms with E-state index in [0.717, 1.165) is 16.8 Å². The van der Waals surface area contributed by atoms with Gasteiger partial charge >= 0.3 is 6.03 Å². The number of nitrogens with zero attached hydrogens (tertiary/aromatic N) is 3. The summed E-state index contributed by atoms with van der Waals surface area (Å²) in [6.07, 6.45) is 6.75. The molecule has 0 saturated heterocycles. The maximum Gasteiger partial charge on any atom is 0.319 e. The van der Waals surface area contributed by atoms with Crippen molar-refractivity contribution in [1.29, 1.82) is 0 Å². The van der Waals surface area contributed by atoms with Gasteiger partial charge < -0.3 is 15.2 Å². The van der Waals surface area contributed by atoms with E-state index >= 15 is 0 Å². The van der Waals surface area contributed by atoms with Crippen LogP contribution in [-0.2, 0) is 0 Å². The number of hydrogen-bond acceptors (Lipinski definition) is 3. The van der Waals surface area contributed by atoms with Crippen molar-refractivity contribution >= 4 is 11.7 Å². The average molecular weight is 388 g/mol. The highest BCUT2D eigenvalue weighted by atomic mass is 19.1. The Kier molecular flexibility index (Phi) is 4.09. The van der Waals surface area contributed by atoms with Crippen molar-refractivity contribution in [3.63, 3.8) is 0 Å². The number of nitrogens with one attached hydrogen (secondary N) is 3. The zero-order valence-electron chi connectivity index (χ0n) is 15.3. The SMILES string of the molecule is O=C(NCC1c2ccccc2-c2cncn21)Nc1ccc(-c2cn[nH]c2)c(F)c1. The molecule has 0 radical (unpaired) electrons. The van der Waals surface area contributed by atoms with E-state index in [9.17, 15) is 9.18 Å². The molecule has 0 aliphatic carbocycles. The number of urea groups is 1. The number of imidazole rings is 1. The van der Waals surface area contributed by atoms with Crippen LogP contribution >= 0.6 is 0 Å². The number of anilines is 1. The fraction of sp³-hybridized carbons (Fsp3) is 0.0952. The number of amides is 2. The molecule has 1 atom stereocenters. The summed E-state index contributed by atoms with van der Waals surface area (Å²) in [6.45, 7) is 0.391. The monoisotopic (exact) mass is 388 g/mol. The van der Waals surface area contributed by atoms with Crippen LogP contribution in [0.2, 0.25) is 0 Å². The van der Waals surface area contributed by atoms with Gasteiger partial charge in [-0.25, -0.2) is 14.2 Å². The van der Waals surface area contributed by atoms with E-state index in [-0.39, 0.29) is 6.04 Å². The van der Waals surface area contributed by atoms with Crippen LogP contribution in [0, 0.1) is 5.82 Å². The summed E-state index contributed by atoms with van der Waals surface area (Å²) >= 11 is 0. The van der Waals surface area contributed by atoms with Crippen molar-refractivity contribution in [3.05, 3.63) is 78.8 Å². The number of carbonyl (C=O) groups is 1. The number of carbonyl (C=O) groups excluding carboxylic acids is 1. The Bertz CT molecular complexity index is 1180. The second kappa shape index (κ2) is 6.90. The number of rotatable bonds is 4. The van der Waals surface area contributed by atoms with Gasteiger partial charge in [0, 0.05) is 35.1 Å². The number of fused-ring (bicyclic) bond motifs is 3. The first-order valence-electron chi connectivity index (χ1n) is 9.15. The molecule has 3 N–H and O–H groups in total. The van der Waals surface area contributed by atoms with Gasteiger partial charge in [-0.3, -0.25) is 5.10 Å². The third-order valence-corrected chi connectivity index (χ3v) is 5.09. The number of benzene rings is 2. The van der Waals surface area contributed by atoms with E-state index < -0.39 is 11.8 Å². The molecular formula is C21H17FN6O. The summed E-state index contributed by atoms with van der Waals surface area (Å²) < 4.78 is 16.4. The smallest absolute Gasteiger partial charge is 0.319 e. The fourth-order valence-corrected chi connectivity index (χ4v) is 3.73. The van der Waals surface area contributed by atoms with E-state index in [2.05, 4.69) is 31.9 Å². The zero-order valence-corrected chi connectivity index (χ0v) is 15.3. The van der Waals surface area contributed by atoms with Crippen LogP contribution in [0.25, 0.3) is 22.4 Å². The van der Waals surface area contributed by atoms with Crippen molar-refractivity contribution < 1.29 is 9.18 Å². The highest BCUT2D eigenvalue weighted by molar-refractivity contribution is 5.89. The Morgan fingerprint density at radius 1 is 1.17 bits per heavy atom. The molecule has 29 heavy (non-hydrogen) atoms. The lowest BCUT2D eigenvalue weighted by atomic mass is 10.0. The first-order valence-corrected chi connectivity index (χ1v) is 9.15. The normalized spacial score (nSPS) is 14.3. The predicted molar refractivity (Wildman–Crippen MR) is 107 cm³/mol. The topological polar surface area (TPSA) is 87.6 Å². The largest absolute Gasteiger partial charge is 0.335 e. The number of hydrogen-bond donors (Lipinski definition) is 3. The number of aromatic amines is 1. The molecular weight excluding hydrogens is 371 g/mol. The van der Waals surface area contributed by atoms with Crippen molar-refractivity contribution in [2.45, 2.75) is 6.04 Å². The van der Waals surface area contributed by atoms with E-state index in [4.69, 9.17) is 0 Å². The predicted octanol–water partition coefficient (Wildman–Crippen LogP) is 3.80. The first kappa shape index (κ1) is 17.2. The van der Waals surface area contributed by atoms with Crippen LogP contribution in [-0.4, -0.2) is 32.3 Å². The van der Waals surface area contributed by atoms with Gasteiger partial charge in [-0.1, -0.05) is 24.3 Å². The Morgan fingerprint density at radius 3 is 2.90 bits per heavy atom. The van der Waals surface area contributed by atoms with Gasteiger partial charge in [0.15, 0.2) is 0 Å². The van der Waals surface area contributed by atoms with E-state index in [1.165, 1.54) is 6.07 Å². The van der Waals surface area contributed by atoms with Gasteiger partial charge in [-0.15, -0.1) is 0 Å². The van der Waals surface area contributed by atoms with Crippen LogP contribution in [0.5, 0.6) is 0 Å². The molecule has 3 heterocycles. The molecule has 2 amide bonds. The lowest BCUT2D eigenvalue weighted by Crippen LogP contribution is -2.33. The quantitative estimate of drug-likeness (QED) is 0.497. The van der Waals surface area contributed by atoms with Gasteiger partial charge in [0.25, 0.3) is 0 Å². The molecule has 2 aromatic carbocycles. The molecule has 7 nitrogen and oxygen atoms in total. The minimum atomic E-state index is -0.433. The number of halogens is 1. The molecule has 0 spiro atoms. The summed E-state index contributed by atoms with van der Waals surface area (Å²) in [6, 6.07) is 12.2. The third-order valence-electron chi connectivity index (χ3n) is 5.09. The zero-order chi connectivity index (χ0) is 19.8. The van der Waals surface area contributed by atoms with Gasteiger partial charge in [0.2, 0.25) is 0 Å². The van der Waals surface area contributed by atoms with Crippen LogP contribution < -0.4 is 10.6 Å². The van der Waals surface area contributed by atoms with E-state index in [1.54, 1.807) is 30.9 Å². The molecule has 1 unspecified atom stereocenters. The molecule has 2 aromatic heterocycles. The first-order chi connectivity index (χ1) is 14.2. The van der Waals surface area contributed by atoms with Gasteiger partial charge in [0.05, 0.1) is 30.5 Å². The average Bonchev–Trinajstić information content (AvgIpc) is 3.45. The minimum absolute atomic E-state index is 0.0327. The van der Waals surface area contributed by atoms with Gasteiger partial charge in [0.1, 0.15) is 5.82 Å². The highest BCUT2D eigenvalue weighted by Gasteiger charge is 2.28. The van der Waals surface area contributed by atoms with Gasteiger partial charge in [-0.05, 0) is 23.8 Å². The molecule has 8 heteroatoms. The maximum atomic E-state index is 14.4. The summed E-state index contributed by atoms with van der Waals surface area (Å²) in [7, 11) is 0. The Balaban J connectivity index is 1.27. The molecule has 0 fully saturated rings. The van der Waals surface area contributed by atoms with E-state index in [0.29, 0.717) is 23.4 Å². The summed E-state index contributed by atoms with van der Waals surface area (Å²) in [4.78, 5) is 16.6. The third kappa shape index (κ3) is 3.04. The molecule has 1 aliphatic heterocycles. The summed E-state index contributed by atoms with van der Waals surface area (Å²) in [5.74, 6) is -0.433.